The zero-order valence-corrected chi connectivity index (χ0v) is 20.5. The van der Waals surface area contributed by atoms with E-state index in [0.717, 1.165) is 12.2 Å². The van der Waals surface area contributed by atoms with Crippen molar-refractivity contribution in [1.29, 1.82) is 0 Å². The van der Waals surface area contributed by atoms with Gasteiger partial charge in [-0.15, -0.1) is 5.10 Å². The zero-order chi connectivity index (χ0) is 24.4. The molecule has 0 aliphatic carbocycles. The normalized spacial score (nSPS) is 18.7. The summed E-state index contributed by atoms with van der Waals surface area (Å²) in [5.41, 5.74) is 0.755. The largest absolute Gasteiger partial charge is 0.478 e. The summed E-state index contributed by atoms with van der Waals surface area (Å²) < 4.78 is 21.1. The summed E-state index contributed by atoms with van der Waals surface area (Å²) in [5, 5.41) is 17.5. The van der Waals surface area contributed by atoms with E-state index in [1.165, 1.54) is 51.6 Å². The Balaban J connectivity index is 0.000000211. The molecule has 10 nitrogen and oxygen atoms in total. The van der Waals surface area contributed by atoms with Crippen molar-refractivity contribution >= 4 is 17.5 Å². The summed E-state index contributed by atoms with van der Waals surface area (Å²) >= 11 is 0. The van der Waals surface area contributed by atoms with Crippen molar-refractivity contribution in [1.82, 2.24) is 35.1 Å². The molecule has 186 valence electrons. The first kappa shape index (κ1) is 23.4. The number of aromatic nitrogens is 6. The monoisotopic (exact) mass is 481 g/mol. The summed E-state index contributed by atoms with van der Waals surface area (Å²) in [5.74, 6) is 1.12. The first-order chi connectivity index (χ1) is 16.9. The smallest absolute Gasteiger partial charge is 0.229 e. The molecule has 2 saturated heterocycles. The maximum absolute atomic E-state index is 13.5. The minimum absolute atomic E-state index is 0.114. The maximum atomic E-state index is 13.5. The molecule has 11 heteroatoms. The number of rotatable bonds is 3. The molecule has 3 aliphatic heterocycles. The van der Waals surface area contributed by atoms with E-state index in [-0.39, 0.29) is 11.8 Å². The highest BCUT2D eigenvalue weighted by Crippen LogP contribution is 2.38. The lowest BCUT2D eigenvalue weighted by Gasteiger charge is -2.39. The highest BCUT2D eigenvalue weighted by atomic mass is 19.1. The van der Waals surface area contributed by atoms with Gasteiger partial charge in [0.2, 0.25) is 5.95 Å². The van der Waals surface area contributed by atoms with Gasteiger partial charge in [0.1, 0.15) is 11.4 Å². The topological polar surface area (TPSA) is 106 Å². The molecule has 0 spiro atoms. The van der Waals surface area contributed by atoms with Crippen molar-refractivity contribution in [3.63, 3.8) is 0 Å². The van der Waals surface area contributed by atoms with Crippen molar-refractivity contribution in [3.8, 4) is 11.4 Å². The Morgan fingerprint density at radius 1 is 1.11 bits per heavy atom. The molecule has 0 amide bonds. The molecule has 0 unspecified atom stereocenters. The van der Waals surface area contributed by atoms with Gasteiger partial charge in [-0.1, -0.05) is 12.8 Å². The van der Waals surface area contributed by atoms with Gasteiger partial charge in [0.15, 0.2) is 23.1 Å². The van der Waals surface area contributed by atoms with Crippen LogP contribution in [0, 0.1) is 5.82 Å². The van der Waals surface area contributed by atoms with Crippen LogP contribution in [0.5, 0.6) is 5.75 Å². The van der Waals surface area contributed by atoms with Gasteiger partial charge in [0.05, 0.1) is 6.20 Å². The molecule has 0 radical (unpaired) electrons. The Labute approximate surface area is 204 Å². The van der Waals surface area contributed by atoms with Crippen LogP contribution in [-0.2, 0) is 5.60 Å². The third kappa shape index (κ3) is 4.90. The standard InChI is InChI=1S/C15H15FN8O.C9H17N/c1-15(2)13-21-22-23-24(13)10-6-8(4-5-11(10)25-15)19-14-18-7-9(16)12(17-3)20-14;1-3-7-10-8-4-2-6-9(10)5-1/h4-7H,1-3H3,(H2,17,18,19,20);9H,1-8H2. The van der Waals surface area contributed by atoms with Crippen LogP contribution >= 0.6 is 0 Å². The van der Waals surface area contributed by atoms with E-state index < -0.39 is 11.4 Å². The molecule has 6 rings (SSSR count). The Kier molecular flexibility index (Phi) is 6.50. The van der Waals surface area contributed by atoms with Crippen LogP contribution in [0.25, 0.3) is 5.69 Å². The fraction of sp³-hybridized carbons (Fsp3) is 0.542. The fourth-order valence-electron chi connectivity index (χ4n) is 5.00. The molecule has 1 aromatic carbocycles. The van der Waals surface area contributed by atoms with Crippen LogP contribution in [0.2, 0.25) is 0 Å². The van der Waals surface area contributed by atoms with Crippen molar-refractivity contribution in [3.05, 3.63) is 36.0 Å². The number of benzene rings is 1. The Bertz CT molecular complexity index is 1160. The molecule has 3 aliphatic rings. The number of hydrogen-bond donors (Lipinski definition) is 2. The molecular weight excluding hydrogens is 449 g/mol. The number of anilines is 3. The molecule has 3 aromatic rings. The summed E-state index contributed by atoms with van der Waals surface area (Å²) in [4.78, 5) is 10.7. The molecule has 35 heavy (non-hydrogen) atoms. The van der Waals surface area contributed by atoms with Gasteiger partial charge in [-0.3, -0.25) is 0 Å². The number of nitrogens with one attached hydrogen (secondary N) is 2. The van der Waals surface area contributed by atoms with Crippen LogP contribution in [0.15, 0.2) is 24.4 Å². The third-order valence-corrected chi connectivity index (χ3v) is 6.78. The highest BCUT2D eigenvalue weighted by molar-refractivity contribution is 5.63. The van der Waals surface area contributed by atoms with Gasteiger partial charge in [0.25, 0.3) is 0 Å². The molecule has 0 bridgehead atoms. The quantitative estimate of drug-likeness (QED) is 0.573. The third-order valence-electron chi connectivity index (χ3n) is 6.78. The minimum Gasteiger partial charge on any atom is -0.478 e. The van der Waals surface area contributed by atoms with E-state index in [1.807, 2.05) is 32.0 Å². The Morgan fingerprint density at radius 3 is 2.60 bits per heavy atom. The molecule has 2 N–H and O–H groups in total. The second-order valence-electron chi connectivity index (χ2n) is 9.66. The number of piperidine rings is 2. The van der Waals surface area contributed by atoms with Gasteiger partial charge in [-0.05, 0) is 81.2 Å². The van der Waals surface area contributed by atoms with Crippen molar-refractivity contribution in [2.24, 2.45) is 0 Å². The summed E-state index contributed by atoms with van der Waals surface area (Å²) in [6.45, 7) is 6.58. The van der Waals surface area contributed by atoms with Crippen LogP contribution in [0.3, 0.4) is 0 Å². The second-order valence-corrected chi connectivity index (χ2v) is 9.66. The first-order valence-electron chi connectivity index (χ1n) is 12.3. The van der Waals surface area contributed by atoms with Gasteiger partial charge < -0.3 is 20.3 Å². The van der Waals surface area contributed by atoms with Gasteiger partial charge in [-0.2, -0.15) is 9.67 Å². The van der Waals surface area contributed by atoms with E-state index in [0.29, 0.717) is 22.9 Å². The zero-order valence-electron chi connectivity index (χ0n) is 20.5. The van der Waals surface area contributed by atoms with E-state index >= 15 is 0 Å². The highest BCUT2D eigenvalue weighted by Gasteiger charge is 2.36. The maximum Gasteiger partial charge on any atom is 0.229 e. The number of fused-ring (bicyclic) bond motifs is 4. The lowest BCUT2D eigenvalue weighted by molar-refractivity contribution is 0.0854. The van der Waals surface area contributed by atoms with Crippen molar-refractivity contribution < 1.29 is 9.13 Å². The molecule has 0 saturated carbocycles. The lowest BCUT2D eigenvalue weighted by Crippen LogP contribution is -2.42. The second kappa shape index (κ2) is 9.73. The van der Waals surface area contributed by atoms with Gasteiger partial charge in [-0.25, -0.2) is 9.37 Å². The van der Waals surface area contributed by atoms with E-state index in [9.17, 15) is 4.39 Å². The summed E-state index contributed by atoms with van der Waals surface area (Å²) in [7, 11) is 1.59. The van der Waals surface area contributed by atoms with E-state index in [4.69, 9.17) is 4.74 Å². The van der Waals surface area contributed by atoms with E-state index in [2.05, 4.69) is 41.0 Å². The van der Waals surface area contributed by atoms with Gasteiger partial charge >= 0.3 is 0 Å². The average molecular weight is 482 g/mol. The van der Waals surface area contributed by atoms with Gasteiger partial charge in [0, 0.05) is 18.8 Å². The van der Waals surface area contributed by atoms with Crippen LogP contribution < -0.4 is 15.4 Å². The van der Waals surface area contributed by atoms with Crippen molar-refractivity contribution in [2.75, 3.05) is 30.8 Å². The first-order valence-corrected chi connectivity index (χ1v) is 12.3. The van der Waals surface area contributed by atoms with E-state index in [1.54, 1.807) is 11.7 Å². The number of halogens is 1. The predicted octanol–water partition coefficient (Wildman–Crippen LogP) is 4.03. The minimum atomic E-state index is -0.632. The summed E-state index contributed by atoms with van der Waals surface area (Å²) in [6.07, 6.45) is 9.96. The Hall–Kier alpha value is -3.34. The lowest BCUT2D eigenvalue weighted by atomic mass is 9.93. The summed E-state index contributed by atoms with van der Waals surface area (Å²) in [6, 6.07) is 6.43. The average Bonchev–Trinajstić information content (AvgIpc) is 3.38. The van der Waals surface area contributed by atoms with Crippen molar-refractivity contribution in [2.45, 2.75) is 64.0 Å². The van der Waals surface area contributed by atoms with Crippen LogP contribution in [0.1, 0.15) is 58.2 Å². The Morgan fingerprint density at radius 2 is 1.89 bits per heavy atom. The fourth-order valence-corrected chi connectivity index (χ4v) is 5.00. The number of ether oxygens (including phenoxy) is 1. The predicted molar refractivity (Wildman–Crippen MR) is 131 cm³/mol. The van der Waals surface area contributed by atoms with Crippen LogP contribution in [0.4, 0.5) is 21.8 Å². The number of hydrogen-bond acceptors (Lipinski definition) is 9. The van der Waals surface area contributed by atoms with Crippen LogP contribution in [-0.4, -0.2) is 61.3 Å². The number of nitrogens with zero attached hydrogens (tertiary/aromatic N) is 7. The molecule has 0 atom stereocenters. The number of tetrazole rings is 1. The molecular formula is C24H32FN9O. The SMILES string of the molecule is C1CCN2CCCCC2C1.CNc1nc(Nc2ccc3c(c2)-n2nnnc2C(C)(C)O3)ncc1F. The molecule has 2 aromatic heterocycles. The molecule has 5 heterocycles. The molecule has 2 fully saturated rings.